The number of hydrogen-bond acceptors (Lipinski definition) is 4. The number of hydrogen-bond donors (Lipinski definition) is 1. The molecule has 1 heterocycles. The van der Waals surface area contributed by atoms with Crippen LogP contribution in [0, 0.1) is 0 Å². The Morgan fingerprint density at radius 3 is 2.41 bits per heavy atom. The molecule has 27 heavy (non-hydrogen) atoms. The largest absolute Gasteiger partial charge is 0.332 e. The molecule has 1 N–H and O–H groups in total. The molecule has 10 heteroatoms. The Kier molecular flexibility index (Phi) is 5.76. The molecule has 6 nitrogen and oxygen atoms in total. The minimum Gasteiger partial charge on any atom is -0.332 e. The lowest BCUT2D eigenvalue weighted by Gasteiger charge is -2.07. The molecule has 1 aromatic heterocycles. The molecule has 0 fully saturated rings. The number of carbonyl (C=O) groups is 1. The summed E-state index contributed by atoms with van der Waals surface area (Å²) in [6, 6.07) is 11.1. The molecule has 0 unspecified atom stereocenters. The number of imidazole rings is 1. The van der Waals surface area contributed by atoms with Gasteiger partial charge in [0.15, 0.2) is 0 Å². The predicted octanol–water partition coefficient (Wildman–Crippen LogP) is 4.01. The van der Waals surface area contributed by atoms with Crippen LogP contribution in [0.1, 0.15) is 16.1 Å². The van der Waals surface area contributed by atoms with E-state index in [1.807, 2.05) is 16.9 Å². The summed E-state index contributed by atoms with van der Waals surface area (Å²) in [5, 5.41) is 0.752. The Morgan fingerprint density at radius 1 is 1.04 bits per heavy atom. The van der Waals surface area contributed by atoms with Crippen molar-refractivity contribution in [1.29, 1.82) is 0 Å². The number of amides is 1. The number of halogens is 3. The van der Waals surface area contributed by atoms with Gasteiger partial charge in [-0.25, -0.2) is 18.1 Å². The van der Waals surface area contributed by atoms with Crippen LogP contribution in [0.2, 0.25) is 15.1 Å². The second-order valence-corrected chi connectivity index (χ2v) is 8.50. The molecule has 0 spiro atoms. The van der Waals surface area contributed by atoms with Crippen LogP contribution in [0.25, 0.3) is 0 Å². The van der Waals surface area contributed by atoms with Gasteiger partial charge in [0.05, 0.1) is 11.3 Å². The van der Waals surface area contributed by atoms with Gasteiger partial charge in [-0.1, -0.05) is 46.9 Å². The first-order valence-corrected chi connectivity index (χ1v) is 10.1. The molecule has 1 amide bonds. The Bertz CT molecular complexity index is 1100. The molecule has 0 aliphatic heterocycles. The monoisotopic (exact) mass is 443 g/mol. The lowest BCUT2D eigenvalue weighted by atomic mass is 10.2. The molecule has 0 aliphatic rings. The Balaban J connectivity index is 1.75. The molecular formula is C17H12Cl3N3O3S. The lowest BCUT2D eigenvalue weighted by molar-refractivity contribution is 0.0977. The third-order valence-electron chi connectivity index (χ3n) is 3.55. The fourth-order valence-electron chi connectivity index (χ4n) is 2.28. The third kappa shape index (κ3) is 4.81. The number of sulfonamides is 1. The molecule has 2 aromatic carbocycles. The van der Waals surface area contributed by atoms with Crippen LogP contribution in [0.3, 0.4) is 0 Å². The molecule has 0 radical (unpaired) electrons. The molecule has 0 aliphatic carbocycles. The number of carbonyl (C=O) groups excluding carboxylic acids is 1. The van der Waals surface area contributed by atoms with Crippen LogP contribution < -0.4 is 4.72 Å². The van der Waals surface area contributed by atoms with Crippen molar-refractivity contribution in [2.24, 2.45) is 0 Å². The first-order chi connectivity index (χ1) is 12.7. The molecule has 140 valence electrons. The van der Waals surface area contributed by atoms with E-state index in [1.165, 1.54) is 30.7 Å². The van der Waals surface area contributed by atoms with Gasteiger partial charge in [-0.2, -0.15) is 0 Å². The number of nitrogens with one attached hydrogen (secondary N) is 1. The Labute approximate surface area is 170 Å². The van der Waals surface area contributed by atoms with Gasteiger partial charge < -0.3 is 4.57 Å². The van der Waals surface area contributed by atoms with E-state index in [2.05, 4.69) is 4.98 Å². The quantitative estimate of drug-likeness (QED) is 0.645. The summed E-state index contributed by atoms with van der Waals surface area (Å²) >= 11 is 17.6. The average Bonchev–Trinajstić information content (AvgIpc) is 3.07. The van der Waals surface area contributed by atoms with E-state index in [0.29, 0.717) is 11.6 Å². The van der Waals surface area contributed by atoms with E-state index in [9.17, 15) is 13.2 Å². The van der Waals surface area contributed by atoms with E-state index in [0.717, 1.165) is 5.56 Å². The zero-order chi connectivity index (χ0) is 19.6. The van der Waals surface area contributed by atoms with Gasteiger partial charge in [0.25, 0.3) is 15.9 Å². The molecule has 0 bridgehead atoms. The van der Waals surface area contributed by atoms with Crippen molar-refractivity contribution in [2.75, 3.05) is 0 Å². The summed E-state index contributed by atoms with van der Waals surface area (Å²) < 4.78 is 28.4. The van der Waals surface area contributed by atoms with Gasteiger partial charge in [0.1, 0.15) is 10.6 Å². The Morgan fingerprint density at radius 2 is 1.70 bits per heavy atom. The van der Waals surface area contributed by atoms with Gasteiger partial charge in [0.2, 0.25) is 0 Å². The highest BCUT2D eigenvalue weighted by molar-refractivity contribution is 7.90. The first-order valence-electron chi connectivity index (χ1n) is 7.53. The minimum atomic E-state index is -4.20. The zero-order valence-electron chi connectivity index (χ0n) is 13.6. The highest BCUT2D eigenvalue weighted by Gasteiger charge is 2.23. The number of benzene rings is 2. The number of nitrogens with zero attached hydrogens (tertiary/aromatic N) is 2. The van der Waals surface area contributed by atoms with E-state index < -0.39 is 15.9 Å². The molecule has 0 atom stereocenters. The van der Waals surface area contributed by atoms with Crippen LogP contribution in [-0.2, 0) is 16.6 Å². The maximum absolute atomic E-state index is 12.4. The van der Waals surface area contributed by atoms with Crippen LogP contribution in [-0.4, -0.2) is 23.9 Å². The maximum atomic E-state index is 12.4. The number of aromatic nitrogens is 2. The second kappa shape index (κ2) is 7.90. The normalized spacial score (nSPS) is 11.4. The predicted molar refractivity (Wildman–Crippen MR) is 104 cm³/mol. The van der Waals surface area contributed by atoms with Gasteiger partial charge >= 0.3 is 0 Å². The van der Waals surface area contributed by atoms with Gasteiger partial charge in [-0.05, 0) is 35.9 Å². The highest BCUT2D eigenvalue weighted by atomic mass is 35.5. The SMILES string of the molecule is O=C(NS(=O)(=O)c1cc(Cl)ccc1Cl)c1cn(Cc2ccc(Cl)cc2)cn1. The van der Waals surface area contributed by atoms with Gasteiger partial charge in [-0.3, -0.25) is 4.79 Å². The summed E-state index contributed by atoms with van der Waals surface area (Å²) in [5.74, 6) is -0.874. The van der Waals surface area contributed by atoms with Crippen molar-refractivity contribution in [1.82, 2.24) is 14.3 Å². The molecule has 3 rings (SSSR count). The van der Waals surface area contributed by atoms with Crippen LogP contribution in [0.15, 0.2) is 59.9 Å². The highest BCUT2D eigenvalue weighted by Crippen LogP contribution is 2.25. The van der Waals surface area contributed by atoms with E-state index in [-0.39, 0.29) is 20.6 Å². The van der Waals surface area contributed by atoms with Crippen molar-refractivity contribution in [2.45, 2.75) is 11.4 Å². The fourth-order valence-corrected chi connectivity index (χ4v) is 4.13. The maximum Gasteiger partial charge on any atom is 0.285 e. The van der Waals surface area contributed by atoms with E-state index in [1.54, 1.807) is 16.7 Å². The van der Waals surface area contributed by atoms with Crippen LogP contribution >= 0.6 is 34.8 Å². The standard InChI is InChI=1S/C17H12Cl3N3O3S/c18-12-3-1-11(2-4-12)8-23-9-15(21-10-23)17(24)22-27(25,26)16-7-13(19)5-6-14(16)20/h1-7,9-10H,8H2,(H,22,24). The van der Waals surface area contributed by atoms with Gasteiger partial charge in [0, 0.05) is 22.8 Å². The smallest absolute Gasteiger partial charge is 0.285 e. The minimum absolute atomic E-state index is 0.0482. The fraction of sp³-hybridized carbons (Fsp3) is 0.0588. The summed E-state index contributed by atoms with van der Waals surface area (Å²) in [6.45, 7) is 0.449. The molecule has 0 saturated carbocycles. The summed E-state index contributed by atoms with van der Waals surface area (Å²) in [5.41, 5.74) is 0.896. The van der Waals surface area contributed by atoms with Crippen LogP contribution in [0.4, 0.5) is 0 Å². The molecule has 0 saturated heterocycles. The van der Waals surface area contributed by atoms with Crippen molar-refractivity contribution < 1.29 is 13.2 Å². The number of rotatable bonds is 5. The molecular weight excluding hydrogens is 433 g/mol. The summed E-state index contributed by atoms with van der Waals surface area (Å²) in [4.78, 5) is 15.9. The van der Waals surface area contributed by atoms with Crippen molar-refractivity contribution in [3.8, 4) is 0 Å². The summed E-state index contributed by atoms with van der Waals surface area (Å²) in [7, 11) is -4.20. The zero-order valence-corrected chi connectivity index (χ0v) is 16.6. The Hall–Kier alpha value is -2.06. The van der Waals surface area contributed by atoms with E-state index >= 15 is 0 Å². The van der Waals surface area contributed by atoms with Gasteiger partial charge in [-0.15, -0.1) is 0 Å². The second-order valence-electron chi connectivity index (χ2n) is 5.57. The van der Waals surface area contributed by atoms with Crippen LogP contribution in [0.5, 0.6) is 0 Å². The summed E-state index contributed by atoms with van der Waals surface area (Å²) in [6.07, 6.45) is 2.88. The lowest BCUT2D eigenvalue weighted by Crippen LogP contribution is -2.31. The van der Waals surface area contributed by atoms with Crippen molar-refractivity contribution in [3.05, 3.63) is 81.3 Å². The topological polar surface area (TPSA) is 81.1 Å². The third-order valence-corrected chi connectivity index (χ3v) is 5.85. The van der Waals surface area contributed by atoms with Crippen molar-refractivity contribution >= 4 is 50.7 Å². The van der Waals surface area contributed by atoms with Crippen molar-refractivity contribution in [3.63, 3.8) is 0 Å². The molecule has 3 aromatic rings. The van der Waals surface area contributed by atoms with E-state index in [4.69, 9.17) is 34.8 Å². The first kappa shape index (κ1) is 19.7. The average molecular weight is 445 g/mol.